The number of likely N-dealkylation sites (tertiary alicyclic amines) is 2. The van der Waals surface area contributed by atoms with Crippen molar-refractivity contribution in [2.24, 2.45) is 17.8 Å². The van der Waals surface area contributed by atoms with Gasteiger partial charge in [-0.2, -0.15) is 0 Å². The topological polar surface area (TPSA) is 69.7 Å². The molecule has 6 nitrogen and oxygen atoms in total. The molecule has 1 aromatic rings. The Morgan fingerprint density at radius 2 is 1.62 bits per heavy atom. The fraction of sp³-hybridized carbons (Fsp3) is 0.571. The third-order valence-electron chi connectivity index (χ3n) is 7.22. The highest BCUT2D eigenvalue weighted by molar-refractivity contribution is 5.98. The molecule has 0 aliphatic carbocycles. The van der Waals surface area contributed by atoms with Crippen molar-refractivity contribution >= 4 is 31.8 Å². The first-order valence-corrected chi connectivity index (χ1v) is 15.1. The van der Waals surface area contributed by atoms with Crippen LogP contribution >= 0.6 is 0 Å². The molecule has 0 saturated carbocycles. The molecule has 42 heavy (non-hydrogen) atoms. The summed E-state index contributed by atoms with van der Waals surface area (Å²) in [5.74, 6) is 7.57. The van der Waals surface area contributed by atoms with Crippen LogP contribution in [0.4, 0.5) is 5.69 Å². The van der Waals surface area contributed by atoms with E-state index in [9.17, 15) is 14.4 Å². The Labute approximate surface area is 259 Å². The number of carbonyl (C=O) groups excluding carboxylic acids is 3. The number of amides is 3. The molecule has 1 aromatic carbocycles. The van der Waals surface area contributed by atoms with E-state index in [-0.39, 0.29) is 26.1 Å². The quantitative estimate of drug-likeness (QED) is 0.227. The highest BCUT2D eigenvalue weighted by atomic mass is 16.2. The van der Waals surface area contributed by atoms with Gasteiger partial charge in [0.1, 0.15) is 0 Å². The summed E-state index contributed by atoms with van der Waals surface area (Å²) in [6.45, 7) is 28.3. The Kier molecular flexibility index (Phi) is 21.7. The van der Waals surface area contributed by atoms with Crippen LogP contribution in [0.25, 0.3) is 0 Å². The lowest BCUT2D eigenvalue weighted by Crippen LogP contribution is -2.37. The normalized spacial score (nSPS) is 16.8. The first kappa shape index (κ1) is 40.9. The van der Waals surface area contributed by atoms with E-state index in [1.54, 1.807) is 6.92 Å². The molecule has 0 spiro atoms. The summed E-state index contributed by atoms with van der Waals surface area (Å²) in [6.07, 6.45) is 6.08. The van der Waals surface area contributed by atoms with Gasteiger partial charge >= 0.3 is 0 Å². The Balaban J connectivity index is 0. The lowest BCUT2D eigenvalue weighted by Gasteiger charge is -2.25. The zero-order valence-electron chi connectivity index (χ0n) is 27.7. The molecule has 231 valence electrons. The number of hydrogen-bond donors (Lipinski definition) is 1. The summed E-state index contributed by atoms with van der Waals surface area (Å²) in [6, 6.07) is 8.25. The van der Waals surface area contributed by atoms with Gasteiger partial charge in [-0.1, -0.05) is 86.6 Å². The van der Waals surface area contributed by atoms with Crippen molar-refractivity contribution in [3.8, 4) is 11.8 Å². The van der Waals surface area contributed by atoms with E-state index in [0.29, 0.717) is 29.7 Å². The van der Waals surface area contributed by atoms with Crippen molar-refractivity contribution < 1.29 is 14.4 Å². The summed E-state index contributed by atoms with van der Waals surface area (Å²) in [5.41, 5.74) is 2.04. The van der Waals surface area contributed by atoms with Crippen LogP contribution in [-0.4, -0.2) is 61.6 Å². The number of benzene rings is 1. The maximum atomic E-state index is 11.5. The van der Waals surface area contributed by atoms with Gasteiger partial charge in [0.25, 0.3) is 5.91 Å². The van der Waals surface area contributed by atoms with Gasteiger partial charge in [-0.15, -0.1) is 0 Å². The highest BCUT2D eigenvalue weighted by Crippen LogP contribution is 2.24. The Bertz CT molecular complexity index is 1040. The zero-order valence-corrected chi connectivity index (χ0v) is 27.7. The molecule has 3 amide bonds. The summed E-state index contributed by atoms with van der Waals surface area (Å²) in [7, 11) is 0. The van der Waals surface area contributed by atoms with Crippen molar-refractivity contribution in [1.82, 2.24) is 9.80 Å². The first-order chi connectivity index (χ1) is 19.4. The van der Waals surface area contributed by atoms with Crippen LogP contribution in [0.1, 0.15) is 93.1 Å². The maximum Gasteiger partial charge on any atom is 0.298 e. The molecule has 3 rings (SSSR count). The van der Waals surface area contributed by atoms with Crippen LogP contribution in [0.3, 0.4) is 0 Å². The Morgan fingerprint density at radius 1 is 0.976 bits per heavy atom. The van der Waals surface area contributed by atoms with E-state index in [4.69, 9.17) is 0 Å². The second-order valence-electron chi connectivity index (χ2n) is 11.1. The predicted molar refractivity (Wildman–Crippen MR) is 179 cm³/mol. The van der Waals surface area contributed by atoms with E-state index >= 15 is 0 Å². The van der Waals surface area contributed by atoms with Crippen molar-refractivity contribution in [2.75, 3.05) is 25.0 Å². The van der Waals surface area contributed by atoms with Crippen LogP contribution in [0.15, 0.2) is 49.6 Å². The molecular weight excluding hydrogens is 521 g/mol. The molecule has 1 N–H and O–H groups in total. The molecule has 0 bridgehead atoms. The third kappa shape index (κ3) is 14.6. The molecule has 2 atom stereocenters. The van der Waals surface area contributed by atoms with Crippen molar-refractivity contribution in [3.63, 3.8) is 0 Å². The van der Waals surface area contributed by atoms with Crippen molar-refractivity contribution in [1.29, 1.82) is 0 Å². The second-order valence-corrected chi connectivity index (χ2v) is 11.1. The second kappa shape index (κ2) is 22.3. The van der Waals surface area contributed by atoms with Crippen LogP contribution in [0.2, 0.25) is 0 Å². The summed E-state index contributed by atoms with van der Waals surface area (Å²) >= 11 is 0. The standard InChI is InChI=1S/C12H15NO.C11H17NO.C10H17NO.C2H6.B/c1-4-12(14)13-11-7-5-6-10(8-11)9(2)3;1-4-6-11(13)12-8-5-7-10(12)9(2)3;1-4-10(12)11-6-5-9(7-11)8(2)3;1-2;/h4-9H,1H2,2-3H3,(H,13,14);9-10H,5,7-8H2,1-3H3;4,8-9H,1,5-7H2,2-3H3;1-2H3;. The number of anilines is 1. The lowest BCUT2D eigenvalue weighted by atomic mass is 9.95. The Morgan fingerprint density at radius 3 is 2.10 bits per heavy atom. The molecule has 7 heteroatoms. The molecule has 2 unspecified atom stereocenters. The van der Waals surface area contributed by atoms with E-state index in [2.05, 4.69) is 71.9 Å². The third-order valence-corrected chi connectivity index (χ3v) is 7.22. The van der Waals surface area contributed by atoms with Crippen molar-refractivity contribution in [3.05, 3.63) is 55.1 Å². The minimum atomic E-state index is -0.175. The van der Waals surface area contributed by atoms with Gasteiger partial charge in [0.05, 0.1) is 0 Å². The van der Waals surface area contributed by atoms with E-state index in [0.717, 1.165) is 44.6 Å². The molecule has 2 heterocycles. The molecule has 3 radical (unpaired) electrons. The average Bonchev–Trinajstić information content (AvgIpc) is 3.66. The van der Waals surface area contributed by atoms with Gasteiger partial charge in [0.15, 0.2) is 0 Å². The van der Waals surface area contributed by atoms with Gasteiger partial charge in [-0.25, -0.2) is 0 Å². The average molecular weight is 577 g/mol. The maximum absolute atomic E-state index is 11.5. The SMILES string of the molecule is C=CC(=O)N1CCC(C(C)C)C1.C=CC(=O)Nc1cccc(C(C)C)c1.CC.CC#CC(=O)N1CCCC1C(C)C.[B]. The summed E-state index contributed by atoms with van der Waals surface area (Å²) in [4.78, 5) is 37.5. The van der Waals surface area contributed by atoms with E-state index in [1.165, 1.54) is 17.7 Å². The fourth-order valence-electron chi connectivity index (χ4n) is 4.75. The summed E-state index contributed by atoms with van der Waals surface area (Å²) in [5, 5.41) is 2.73. The van der Waals surface area contributed by atoms with Crippen LogP contribution < -0.4 is 5.32 Å². The number of rotatable bonds is 6. The minimum Gasteiger partial charge on any atom is -0.339 e. The largest absolute Gasteiger partial charge is 0.339 e. The summed E-state index contributed by atoms with van der Waals surface area (Å²) < 4.78 is 0. The van der Waals surface area contributed by atoms with Gasteiger partial charge in [0, 0.05) is 39.8 Å². The van der Waals surface area contributed by atoms with Gasteiger partial charge in [-0.3, -0.25) is 14.4 Å². The van der Waals surface area contributed by atoms with Crippen LogP contribution in [0, 0.1) is 29.6 Å². The van der Waals surface area contributed by atoms with Crippen molar-refractivity contribution in [2.45, 2.75) is 93.5 Å². The number of carbonyl (C=O) groups is 3. The molecular formula is C35H55BN3O3. The number of nitrogens with zero attached hydrogens (tertiary/aromatic N) is 2. The molecule has 2 aliphatic heterocycles. The zero-order chi connectivity index (χ0) is 31.5. The van der Waals surface area contributed by atoms with E-state index < -0.39 is 0 Å². The molecule has 2 saturated heterocycles. The number of hydrogen-bond acceptors (Lipinski definition) is 3. The highest BCUT2D eigenvalue weighted by Gasteiger charge is 2.29. The van der Waals surface area contributed by atoms with Crippen LogP contribution in [-0.2, 0) is 14.4 Å². The predicted octanol–water partition coefficient (Wildman–Crippen LogP) is 6.91. The van der Waals surface area contributed by atoms with Gasteiger partial charge < -0.3 is 15.1 Å². The molecule has 2 aliphatic rings. The Hall–Kier alpha value is -3.27. The lowest BCUT2D eigenvalue weighted by molar-refractivity contribution is -0.126. The van der Waals surface area contributed by atoms with Crippen LogP contribution in [0.5, 0.6) is 0 Å². The first-order valence-electron chi connectivity index (χ1n) is 15.1. The van der Waals surface area contributed by atoms with Gasteiger partial charge in [-0.05, 0) is 85.6 Å². The minimum absolute atomic E-state index is 0. The molecule has 2 fully saturated rings. The van der Waals surface area contributed by atoms with E-state index in [1.807, 2.05) is 47.9 Å². The molecule has 0 aromatic heterocycles. The fourth-order valence-corrected chi connectivity index (χ4v) is 4.75. The monoisotopic (exact) mass is 576 g/mol. The smallest absolute Gasteiger partial charge is 0.298 e. The van der Waals surface area contributed by atoms with Gasteiger partial charge in [0.2, 0.25) is 11.8 Å². The number of nitrogens with one attached hydrogen (secondary N) is 1.